The summed E-state index contributed by atoms with van der Waals surface area (Å²) in [5.74, 6) is 2.37. The van der Waals surface area contributed by atoms with Crippen molar-refractivity contribution in [2.75, 3.05) is 46.5 Å². The molecule has 0 unspecified atom stereocenters. The number of urea groups is 2. The van der Waals surface area contributed by atoms with Gasteiger partial charge in [-0.05, 0) is 127 Å². The highest BCUT2D eigenvalue weighted by Gasteiger charge is 2.15. The number of nitrogens with zero attached hydrogens (tertiary/aromatic N) is 2. The summed E-state index contributed by atoms with van der Waals surface area (Å²) in [6.45, 7) is 0.122. The fraction of sp³-hybridized carbons (Fsp3) is 0.0556. The normalized spacial score (nSPS) is 10.5. The van der Waals surface area contributed by atoms with Gasteiger partial charge in [0.2, 0.25) is 0 Å². The molecular weight excluding hydrogens is 927 g/mol. The van der Waals surface area contributed by atoms with Gasteiger partial charge in [-0.15, -0.1) is 0 Å². The second kappa shape index (κ2) is 22.9. The highest BCUT2D eigenvalue weighted by molar-refractivity contribution is 6.01. The van der Waals surface area contributed by atoms with E-state index in [1.807, 2.05) is 30.3 Å². The van der Waals surface area contributed by atoms with E-state index in [0.717, 1.165) is 10.9 Å². The summed E-state index contributed by atoms with van der Waals surface area (Å²) in [5, 5.41) is 14.8. The first-order valence-corrected chi connectivity index (χ1v) is 21.9. The first-order valence-electron chi connectivity index (χ1n) is 21.9. The van der Waals surface area contributed by atoms with Crippen LogP contribution in [0.3, 0.4) is 0 Å². The quantitative estimate of drug-likeness (QED) is 0.0599. The van der Waals surface area contributed by atoms with Crippen LogP contribution in [0.15, 0.2) is 176 Å². The van der Waals surface area contributed by atoms with Crippen molar-refractivity contribution in [3.63, 3.8) is 0 Å². The number of rotatable bonds is 13. The summed E-state index contributed by atoms with van der Waals surface area (Å²) in [4.78, 5) is 45.6. The van der Waals surface area contributed by atoms with Crippen LogP contribution in [0.1, 0.15) is 5.56 Å². The topological polar surface area (TPSA) is 209 Å². The molecule has 0 aliphatic rings. The van der Waals surface area contributed by atoms with Crippen LogP contribution in [0.25, 0.3) is 21.8 Å². The lowest BCUT2D eigenvalue weighted by atomic mass is 10.1. The van der Waals surface area contributed by atoms with E-state index in [0.29, 0.717) is 85.0 Å². The maximum Gasteiger partial charge on any atom is 0.412 e. The third-order valence-corrected chi connectivity index (χ3v) is 10.4. The maximum absolute atomic E-state index is 13.1. The number of amides is 5. The highest BCUT2D eigenvalue weighted by Crippen LogP contribution is 2.37. The Morgan fingerprint density at radius 3 is 1.39 bits per heavy atom. The third-order valence-electron chi connectivity index (χ3n) is 10.4. The van der Waals surface area contributed by atoms with E-state index in [1.165, 1.54) is 55.6 Å². The van der Waals surface area contributed by atoms with Crippen LogP contribution >= 0.6 is 0 Å². The van der Waals surface area contributed by atoms with Crippen LogP contribution in [-0.4, -0.2) is 42.3 Å². The Balaban J connectivity index is 0.000000200. The van der Waals surface area contributed by atoms with E-state index in [-0.39, 0.29) is 18.2 Å². The molecule has 16 nitrogen and oxygen atoms in total. The summed E-state index contributed by atoms with van der Waals surface area (Å²) >= 11 is 0. The molecule has 2 aromatic heterocycles. The van der Waals surface area contributed by atoms with Crippen LogP contribution in [0, 0.1) is 11.6 Å². The molecule has 0 spiro atoms. The zero-order valence-corrected chi connectivity index (χ0v) is 38.4. The van der Waals surface area contributed by atoms with Crippen molar-refractivity contribution in [1.82, 2.24) is 9.97 Å². The molecule has 7 aromatic carbocycles. The minimum Gasteiger partial charge on any atom is -0.495 e. The van der Waals surface area contributed by atoms with Crippen molar-refractivity contribution in [2.24, 2.45) is 0 Å². The minimum absolute atomic E-state index is 0.122. The van der Waals surface area contributed by atoms with Gasteiger partial charge in [0.15, 0.2) is 0 Å². The zero-order valence-electron chi connectivity index (χ0n) is 38.4. The molecule has 0 saturated carbocycles. The standard InChI is InChI=1S/C31H25FN4O5.C23H19FN4O3/c1-39-29-18-26-25(17-27(29)36-31(38)40-19-20-5-3-2-4-6-20)28(15-16-33-26)41-24-13-11-23(12-14-24)35-30(37)34-22-9-7-21(32)8-10-22;1-30-22-13-20-18(12-19(22)25)21(10-11-26-20)31-17-8-6-16(7-9-17)28-23(29)27-15-4-2-14(24)3-5-15/h2-18H,19H2,1H3,(H,36,38)(H2,34,35,37);2-13H,25H2,1H3,(H2,27,28,29). The van der Waals surface area contributed by atoms with Crippen LogP contribution in [-0.2, 0) is 11.3 Å². The number of benzene rings is 7. The number of nitrogen functional groups attached to an aromatic ring is 1. The first-order chi connectivity index (χ1) is 35.0. The Morgan fingerprint density at radius 2 is 0.931 bits per heavy atom. The lowest BCUT2D eigenvalue weighted by molar-refractivity contribution is 0.155. The number of halogens is 2. The van der Waals surface area contributed by atoms with Gasteiger partial charge in [-0.2, -0.15) is 0 Å². The molecule has 0 bridgehead atoms. The molecule has 0 saturated heterocycles. The van der Waals surface area contributed by atoms with E-state index in [9.17, 15) is 23.2 Å². The lowest BCUT2D eigenvalue weighted by Gasteiger charge is -2.14. The average molecular weight is 971 g/mol. The summed E-state index contributed by atoms with van der Waals surface area (Å²) in [6.07, 6.45) is 2.61. The van der Waals surface area contributed by atoms with Crippen molar-refractivity contribution >= 4 is 74.1 Å². The van der Waals surface area contributed by atoms with Crippen molar-refractivity contribution in [2.45, 2.75) is 6.61 Å². The number of nitrogens with one attached hydrogen (secondary N) is 5. The molecular formula is C54H44F2N8O8. The number of carbonyl (C=O) groups is 3. The average Bonchev–Trinajstić information content (AvgIpc) is 3.38. The Kier molecular flexibility index (Phi) is 15.4. The monoisotopic (exact) mass is 970 g/mol. The molecule has 18 heteroatoms. The summed E-state index contributed by atoms with van der Waals surface area (Å²) < 4.78 is 54.1. The fourth-order valence-corrected chi connectivity index (χ4v) is 6.92. The van der Waals surface area contributed by atoms with Gasteiger partial charge in [0.05, 0.1) is 36.6 Å². The molecule has 2 heterocycles. The molecule has 0 atom stereocenters. The summed E-state index contributed by atoms with van der Waals surface area (Å²) in [5.41, 5.74) is 11.1. The molecule has 5 amide bonds. The van der Waals surface area contributed by atoms with Gasteiger partial charge in [0, 0.05) is 58.0 Å². The number of nitrogens with two attached hydrogens (primary N) is 1. The number of ether oxygens (including phenoxy) is 5. The van der Waals surface area contributed by atoms with Gasteiger partial charge in [-0.1, -0.05) is 30.3 Å². The van der Waals surface area contributed by atoms with E-state index in [4.69, 9.17) is 29.4 Å². The van der Waals surface area contributed by atoms with Gasteiger partial charge in [0.25, 0.3) is 0 Å². The maximum atomic E-state index is 13.1. The van der Waals surface area contributed by atoms with Crippen molar-refractivity contribution in [1.29, 1.82) is 0 Å². The smallest absolute Gasteiger partial charge is 0.412 e. The largest absolute Gasteiger partial charge is 0.495 e. The summed E-state index contributed by atoms with van der Waals surface area (Å²) in [7, 11) is 3.05. The predicted octanol–water partition coefficient (Wildman–Crippen LogP) is 13.0. The second-order valence-corrected chi connectivity index (χ2v) is 15.4. The number of anilines is 6. The Hall–Kier alpha value is -9.97. The Bertz CT molecular complexity index is 3330. The van der Waals surface area contributed by atoms with Crippen molar-refractivity contribution < 1.29 is 46.8 Å². The Labute approximate surface area is 410 Å². The van der Waals surface area contributed by atoms with Gasteiger partial charge in [0.1, 0.15) is 52.7 Å². The van der Waals surface area contributed by atoms with Gasteiger partial charge in [-0.25, -0.2) is 23.2 Å². The molecule has 0 radical (unpaired) electrons. The molecule has 362 valence electrons. The van der Waals surface area contributed by atoms with Crippen LogP contribution in [0.4, 0.5) is 57.3 Å². The lowest BCUT2D eigenvalue weighted by Crippen LogP contribution is -2.19. The number of methoxy groups -OCH3 is 2. The SMILES string of the molecule is COc1cc2nccc(Oc3ccc(NC(=O)Nc4ccc(F)cc4)cc3)c2cc1N.COc1cc2nccc(Oc3ccc(NC(=O)Nc4ccc(F)cc4)cc3)c2cc1NC(=O)OCc1ccccc1. The molecule has 0 fully saturated rings. The van der Waals surface area contributed by atoms with Crippen LogP contribution in [0.5, 0.6) is 34.5 Å². The first kappa shape index (κ1) is 48.5. The van der Waals surface area contributed by atoms with Crippen LogP contribution < -0.4 is 51.3 Å². The van der Waals surface area contributed by atoms with E-state index in [2.05, 4.69) is 36.6 Å². The van der Waals surface area contributed by atoms with Gasteiger partial charge < -0.3 is 50.7 Å². The number of hydrogen-bond donors (Lipinski definition) is 6. The molecule has 9 aromatic rings. The Morgan fingerprint density at radius 1 is 0.500 bits per heavy atom. The fourth-order valence-electron chi connectivity index (χ4n) is 6.92. The number of hydrogen-bond acceptors (Lipinski definition) is 11. The molecule has 0 aliphatic heterocycles. The molecule has 9 rings (SSSR count). The van der Waals surface area contributed by atoms with E-state index >= 15 is 0 Å². The minimum atomic E-state index is -0.635. The predicted molar refractivity (Wildman–Crippen MR) is 272 cm³/mol. The van der Waals surface area contributed by atoms with Crippen LogP contribution in [0.2, 0.25) is 0 Å². The summed E-state index contributed by atoms with van der Waals surface area (Å²) in [6, 6.07) is 43.4. The number of pyridine rings is 2. The van der Waals surface area contributed by atoms with Crippen molar-refractivity contribution in [3.05, 3.63) is 193 Å². The molecule has 7 N–H and O–H groups in total. The van der Waals surface area contributed by atoms with Gasteiger partial charge in [-0.3, -0.25) is 15.3 Å². The molecule has 72 heavy (non-hydrogen) atoms. The number of aromatic nitrogens is 2. The number of carbonyl (C=O) groups excluding carboxylic acids is 3. The number of fused-ring (bicyclic) bond motifs is 2. The molecule has 0 aliphatic carbocycles. The zero-order chi connectivity index (χ0) is 50.4. The third kappa shape index (κ3) is 13.0. The van der Waals surface area contributed by atoms with E-state index < -0.39 is 18.2 Å². The second-order valence-electron chi connectivity index (χ2n) is 15.4. The highest BCUT2D eigenvalue weighted by atomic mass is 19.1. The van der Waals surface area contributed by atoms with Crippen molar-refractivity contribution in [3.8, 4) is 34.5 Å². The van der Waals surface area contributed by atoms with Gasteiger partial charge >= 0.3 is 18.2 Å². The van der Waals surface area contributed by atoms with E-state index in [1.54, 1.807) is 104 Å².